The molecule has 2 heterocycles. The molecule has 35 heavy (non-hydrogen) atoms. The second-order valence-corrected chi connectivity index (χ2v) is 9.13. The van der Waals surface area contributed by atoms with E-state index in [0.29, 0.717) is 37.3 Å². The molecule has 11 heteroatoms. The summed E-state index contributed by atoms with van der Waals surface area (Å²) in [6.07, 6.45) is -3.21. The lowest BCUT2D eigenvalue weighted by Gasteiger charge is -2.45. The van der Waals surface area contributed by atoms with Gasteiger partial charge in [-0.25, -0.2) is 0 Å². The standard InChI is InChI=1S/C24H23ClF3N5O2/c1-23(12-20(34)33(22(30)32-23)16-7-9-35-10-8-16)17-3-2-4-19(21(17)25)31-18-6-5-15(24(26,27)28)11-14(18)13-29/h2-6,11,16,31H,7-10,12H2,1H3,(H2,30,32)/t23-/m0/s1. The highest BCUT2D eigenvalue weighted by molar-refractivity contribution is 6.34. The fourth-order valence-corrected chi connectivity index (χ4v) is 4.87. The van der Waals surface area contributed by atoms with Gasteiger partial charge in [0.05, 0.1) is 39.5 Å². The third kappa shape index (κ3) is 4.92. The number of guanidine groups is 1. The first-order chi connectivity index (χ1) is 16.5. The number of anilines is 2. The van der Waals surface area contributed by atoms with Crippen LogP contribution >= 0.6 is 11.6 Å². The van der Waals surface area contributed by atoms with Crippen LogP contribution in [0.1, 0.15) is 42.9 Å². The van der Waals surface area contributed by atoms with Gasteiger partial charge in [0.2, 0.25) is 5.91 Å². The Kier molecular flexibility index (Phi) is 6.66. The van der Waals surface area contributed by atoms with Crippen LogP contribution in [0.25, 0.3) is 0 Å². The third-order valence-electron chi connectivity index (χ3n) is 6.29. The van der Waals surface area contributed by atoms with Gasteiger partial charge in [-0.05, 0) is 49.6 Å². The van der Waals surface area contributed by atoms with E-state index in [4.69, 9.17) is 21.7 Å². The first kappa shape index (κ1) is 24.8. The lowest BCUT2D eigenvalue weighted by Crippen LogP contribution is -2.62. The summed E-state index contributed by atoms with van der Waals surface area (Å²) in [5.41, 5.74) is -1.04. The maximum Gasteiger partial charge on any atom is 0.416 e. The molecule has 0 spiro atoms. The van der Waals surface area contributed by atoms with E-state index in [1.807, 2.05) is 0 Å². The molecule has 0 radical (unpaired) electrons. The number of rotatable bonds is 4. The topological polar surface area (TPSA) is 101 Å². The van der Waals surface area contributed by atoms with Crippen molar-refractivity contribution >= 4 is 34.8 Å². The smallest absolute Gasteiger partial charge is 0.381 e. The van der Waals surface area contributed by atoms with Gasteiger partial charge in [0.25, 0.3) is 0 Å². The van der Waals surface area contributed by atoms with Crippen LogP contribution in [-0.2, 0) is 21.2 Å². The van der Waals surface area contributed by atoms with Crippen LogP contribution in [-0.4, -0.2) is 36.0 Å². The van der Waals surface area contributed by atoms with Gasteiger partial charge in [-0.1, -0.05) is 23.7 Å². The molecule has 0 aromatic heterocycles. The number of halogens is 4. The minimum atomic E-state index is -4.57. The fraction of sp³-hybridized carbons (Fsp3) is 0.375. The van der Waals surface area contributed by atoms with Gasteiger partial charge in [0.1, 0.15) is 6.07 Å². The molecule has 2 aromatic rings. The fourth-order valence-electron chi connectivity index (χ4n) is 4.49. The molecule has 1 amide bonds. The summed E-state index contributed by atoms with van der Waals surface area (Å²) in [6.45, 7) is 2.84. The van der Waals surface area contributed by atoms with Gasteiger partial charge in [0.15, 0.2) is 5.96 Å². The normalized spacial score (nSPS) is 21.4. The predicted molar refractivity (Wildman–Crippen MR) is 124 cm³/mol. The van der Waals surface area contributed by atoms with Crippen molar-refractivity contribution in [2.45, 2.75) is 43.9 Å². The first-order valence-corrected chi connectivity index (χ1v) is 11.4. The van der Waals surface area contributed by atoms with Crippen LogP contribution in [0.5, 0.6) is 0 Å². The van der Waals surface area contributed by atoms with Crippen LogP contribution in [0.2, 0.25) is 5.02 Å². The summed E-state index contributed by atoms with van der Waals surface area (Å²) in [7, 11) is 0. The number of carbonyl (C=O) groups is 1. The lowest BCUT2D eigenvalue weighted by atomic mass is 9.85. The van der Waals surface area contributed by atoms with Gasteiger partial charge >= 0.3 is 6.18 Å². The summed E-state index contributed by atoms with van der Waals surface area (Å²) in [5, 5.41) is 24.2. The summed E-state index contributed by atoms with van der Waals surface area (Å²) in [4.78, 5) is 14.6. The quantitative estimate of drug-likeness (QED) is 0.535. The van der Waals surface area contributed by atoms with E-state index in [-0.39, 0.29) is 40.6 Å². The molecule has 4 rings (SSSR count). The van der Waals surface area contributed by atoms with Crippen molar-refractivity contribution < 1.29 is 22.7 Å². The van der Waals surface area contributed by atoms with Crippen molar-refractivity contribution in [3.05, 3.63) is 58.1 Å². The average molecular weight is 506 g/mol. The molecule has 2 aliphatic heterocycles. The molecule has 2 saturated heterocycles. The van der Waals surface area contributed by atoms with Crippen LogP contribution < -0.4 is 10.6 Å². The second-order valence-electron chi connectivity index (χ2n) is 8.75. The van der Waals surface area contributed by atoms with Crippen molar-refractivity contribution in [3.63, 3.8) is 0 Å². The molecule has 0 unspecified atom stereocenters. The maximum atomic E-state index is 13.1. The van der Waals surface area contributed by atoms with Crippen molar-refractivity contribution in [2.24, 2.45) is 0 Å². The number of nitrogens with one attached hydrogen (secondary N) is 3. The summed E-state index contributed by atoms with van der Waals surface area (Å²) >= 11 is 6.68. The molecule has 0 saturated carbocycles. The van der Waals surface area contributed by atoms with Crippen molar-refractivity contribution in [1.29, 1.82) is 10.7 Å². The van der Waals surface area contributed by atoms with Gasteiger partial charge < -0.3 is 15.4 Å². The van der Waals surface area contributed by atoms with Crippen LogP contribution in [0, 0.1) is 16.7 Å². The molecule has 1 atom stereocenters. The molecule has 0 bridgehead atoms. The number of amides is 1. The maximum absolute atomic E-state index is 13.1. The molecule has 2 fully saturated rings. The van der Waals surface area contributed by atoms with E-state index in [1.54, 1.807) is 31.2 Å². The SMILES string of the molecule is C[C@@]1(c2cccc(Nc3ccc(C(F)(F)F)cc3C#N)c2Cl)CC(=O)N(C2CCOCC2)C(=N)N1. The molecule has 7 nitrogen and oxygen atoms in total. The number of carbonyl (C=O) groups excluding carboxylic acids is 1. The Morgan fingerprint density at radius 2 is 1.97 bits per heavy atom. The van der Waals surface area contributed by atoms with Gasteiger partial charge in [-0.2, -0.15) is 18.4 Å². The number of hydrogen-bond donors (Lipinski definition) is 3. The van der Waals surface area contributed by atoms with E-state index in [1.165, 1.54) is 11.0 Å². The molecule has 2 aliphatic rings. The first-order valence-electron chi connectivity index (χ1n) is 11.0. The zero-order chi connectivity index (χ0) is 25.4. The van der Waals surface area contributed by atoms with Gasteiger partial charge in [0, 0.05) is 19.3 Å². The zero-order valence-corrected chi connectivity index (χ0v) is 19.6. The Morgan fingerprint density at radius 1 is 1.26 bits per heavy atom. The average Bonchev–Trinajstić information content (AvgIpc) is 2.80. The number of benzene rings is 2. The van der Waals surface area contributed by atoms with E-state index in [0.717, 1.165) is 12.1 Å². The van der Waals surface area contributed by atoms with Crippen LogP contribution in [0.4, 0.5) is 24.5 Å². The molecular weight excluding hydrogens is 483 g/mol. The van der Waals surface area contributed by atoms with Crippen LogP contribution in [0.15, 0.2) is 36.4 Å². The lowest BCUT2D eigenvalue weighted by molar-refractivity contribution is -0.137. The van der Waals surface area contributed by atoms with Crippen molar-refractivity contribution in [1.82, 2.24) is 10.2 Å². The molecule has 3 N–H and O–H groups in total. The van der Waals surface area contributed by atoms with E-state index >= 15 is 0 Å². The molecular formula is C24H23ClF3N5O2. The Labute approximate surface area is 205 Å². The van der Waals surface area contributed by atoms with E-state index in [2.05, 4.69) is 10.6 Å². The highest BCUT2D eigenvalue weighted by atomic mass is 35.5. The largest absolute Gasteiger partial charge is 0.416 e. The second kappa shape index (κ2) is 9.40. The number of ether oxygens (including phenoxy) is 1. The summed E-state index contributed by atoms with van der Waals surface area (Å²) in [5.74, 6) is -0.216. The minimum absolute atomic E-state index is 0.0143. The van der Waals surface area contributed by atoms with Crippen molar-refractivity contribution in [2.75, 3.05) is 18.5 Å². The highest BCUT2D eigenvalue weighted by Gasteiger charge is 2.43. The third-order valence-corrected chi connectivity index (χ3v) is 6.70. The number of nitrogens with zero attached hydrogens (tertiary/aromatic N) is 2. The minimum Gasteiger partial charge on any atom is -0.381 e. The molecule has 0 aliphatic carbocycles. The van der Waals surface area contributed by atoms with Gasteiger partial charge in [-0.3, -0.25) is 15.1 Å². The molecule has 2 aromatic carbocycles. The van der Waals surface area contributed by atoms with Crippen molar-refractivity contribution in [3.8, 4) is 6.07 Å². The summed E-state index contributed by atoms with van der Waals surface area (Å²) < 4.78 is 44.4. The summed E-state index contributed by atoms with van der Waals surface area (Å²) in [6, 6.07) is 9.54. The Balaban J connectivity index is 1.61. The monoisotopic (exact) mass is 505 g/mol. The number of hydrogen-bond acceptors (Lipinski definition) is 5. The van der Waals surface area contributed by atoms with Crippen LogP contribution in [0.3, 0.4) is 0 Å². The van der Waals surface area contributed by atoms with E-state index < -0.39 is 17.3 Å². The molecule has 184 valence electrons. The highest BCUT2D eigenvalue weighted by Crippen LogP contribution is 2.40. The number of alkyl halides is 3. The van der Waals surface area contributed by atoms with Gasteiger partial charge in [-0.15, -0.1) is 0 Å². The number of nitriles is 1. The Hall–Kier alpha value is -3.29. The Bertz CT molecular complexity index is 1190. The predicted octanol–water partition coefficient (Wildman–Crippen LogP) is 5.12. The zero-order valence-electron chi connectivity index (χ0n) is 18.8. The van der Waals surface area contributed by atoms with E-state index in [9.17, 15) is 23.2 Å². The Morgan fingerprint density at radius 3 is 2.60 bits per heavy atom.